The summed E-state index contributed by atoms with van der Waals surface area (Å²) in [5.41, 5.74) is 1.78. The van der Waals surface area contributed by atoms with Crippen LogP contribution >= 0.6 is 0 Å². The van der Waals surface area contributed by atoms with Crippen molar-refractivity contribution in [3.8, 4) is 11.3 Å². The number of nitrogens with one attached hydrogen (secondary N) is 1. The fraction of sp³-hybridized carbons (Fsp3) is 0.417. The van der Waals surface area contributed by atoms with E-state index in [0.29, 0.717) is 11.3 Å². The van der Waals surface area contributed by atoms with Gasteiger partial charge in [0, 0.05) is 25.5 Å². The number of nitrogens with zero attached hydrogens (tertiary/aromatic N) is 2. The molecule has 0 atom stereocenters. The highest BCUT2D eigenvalue weighted by Crippen LogP contribution is 2.41. The number of urea groups is 1. The number of aromatic nitrogens is 1. The molecule has 2 aromatic rings. The maximum atomic E-state index is 13.6. The van der Waals surface area contributed by atoms with Crippen LogP contribution in [0.4, 0.5) is 13.6 Å². The summed E-state index contributed by atoms with van der Waals surface area (Å²) in [6.45, 7) is 2.83. The van der Waals surface area contributed by atoms with E-state index in [1.807, 2.05) is 13.0 Å². The number of imide groups is 1. The molecule has 1 aromatic heterocycles. The molecular formula is C24H25F2N3O4. The number of rotatable bonds is 5. The van der Waals surface area contributed by atoms with E-state index in [4.69, 9.17) is 0 Å². The molecule has 1 aliphatic carbocycles. The molecule has 1 spiro atoms. The van der Waals surface area contributed by atoms with Gasteiger partial charge in [-0.2, -0.15) is 0 Å². The Morgan fingerprint density at radius 2 is 1.76 bits per heavy atom. The Labute approximate surface area is 189 Å². The van der Waals surface area contributed by atoms with Gasteiger partial charge < -0.3 is 9.88 Å². The third kappa shape index (κ3) is 3.96. The van der Waals surface area contributed by atoms with Crippen molar-refractivity contribution >= 4 is 23.5 Å². The van der Waals surface area contributed by atoms with E-state index in [1.54, 1.807) is 35.9 Å². The molecular weight excluding hydrogens is 432 g/mol. The Kier molecular flexibility index (Phi) is 5.46. The van der Waals surface area contributed by atoms with Gasteiger partial charge in [-0.05, 0) is 49.9 Å². The number of halogens is 2. The molecule has 4 rings (SSSR count). The average molecular weight is 457 g/mol. The molecule has 0 bridgehead atoms. The predicted octanol–water partition coefficient (Wildman–Crippen LogP) is 3.89. The van der Waals surface area contributed by atoms with E-state index < -0.39 is 48.6 Å². The molecule has 1 saturated heterocycles. The monoisotopic (exact) mass is 457 g/mol. The molecule has 1 aliphatic heterocycles. The SMILES string of the molecule is CC(=O)c1cccc(-c2c(C)cc(C(=O)CN3C(=O)NC4(CCC(F)(F)CC4)C3=O)n2C)c1. The highest BCUT2D eigenvalue weighted by atomic mass is 19.3. The van der Waals surface area contributed by atoms with Crippen molar-refractivity contribution in [2.45, 2.75) is 51.0 Å². The second-order valence-corrected chi connectivity index (χ2v) is 8.94. The summed E-state index contributed by atoms with van der Waals surface area (Å²) in [7, 11) is 1.70. The summed E-state index contributed by atoms with van der Waals surface area (Å²) < 4.78 is 28.8. The second-order valence-electron chi connectivity index (χ2n) is 8.94. The van der Waals surface area contributed by atoms with Gasteiger partial charge in [0.2, 0.25) is 5.92 Å². The number of benzene rings is 1. The number of alkyl halides is 2. The Morgan fingerprint density at radius 1 is 1.09 bits per heavy atom. The molecule has 33 heavy (non-hydrogen) atoms. The van der Waals surface area contributed by atoms with Crippen molar-refractivity contribution in [3.63, 3.8) is 0 Å². The van der Waals surface area contributed by atoms with Gasteiger partial charge in [-0.1, -0.05) is 18.2 Å². The van der Waals surface area contributed by atoms with Crippen molar-refractivity contribution in [1.29, 1.82) is 0 Å². The number of hydrogen-bond donors (Lipinski definition) is 1. The lowest BCUT2D eigenvalue weighted by Gasteiger charge is -2.34. The lowest BCUT2D eigenvalue weighted by Crippen LogP contribution is -2.51. The highest BCUT2D eigenvalue weighted by Gasteiger charge is 2.55. The molecule has 1 saturated carbocycles. The largest absolute Gasteiger partial charge is 0.341 e. The first-order chi connectivity index (χ1) is 15.4. The van der Waals surface area contributed by atoms with Crippen LogP contribution in [0.15, 0.2) is 30.3 Å². The van der Waals surface area contributed by atoms with Crippen molar-refractivity contribution < 1.29 is 28.0 Å². The zero-order valence-electron chi connectivity index (χ0n) is 18.7. The molecule has 9 heteroatoms. The standard InChI is InChI=1S/C24H25F2N3O4/c1-14-11-18(28(3)20(14)17-6-4-5-16(12-17)15(2)30)19(31)13-29-21(32)23(27-22(29)33)7-9-24(25,26)10-8-23/h4-6,11-12H,7-10,13H2,1-3H3,(H,27,33). The minimum atomic E-state index is -2.85. The normalized spacial score (nSPS) is 19.1. The Bertz CT molecular complexity index is 1170. The Morgan fingerprint density at radius 3 is 2.39 bits per heavy atom. The number of ketones is 2. The van der Waals surface area contributed by atoms with Crippen LogP contribution in [0, 0.1) is 6.92 Å². The van der Waals surface area contributed by atoms with Crippen LogP contribution in [0.5, 0.6) is 0 Å². The molecule has 1 aromatic carbocycles. The number of aryl methyl sites for hydroxylation is 1. The second kappa shape index (κ2) is 7.90. The Hall–Kier alpha value is -3.36. The lowest BCUT2D eigenvalue weighted by atomic mass is 9.80. The first kappa shape index (κ1) is 22.8. The van der Waals surface area contributed by atoms with Gasteiger partial charge in [-0.25, -0.2) is 13.6 Å². The minimum absolute atomic E-state index is 0.0759. The molecule has 2 fully saturated rings. The van der Waals surface area contributed by atoms with Crippen molar-refractivity contribution in [3.05, 3.63) is 47.2 Å². The van der Waals surface area contributed by atoms with Crippen LogP contribution in [0.25, 0.3) is 11.3 Å². The first-order valence-electron chi connectivity index (χ1n) is 10.8. The van der Waals surface area contributed by atoms with Crippen molar-refractivity contribution in [1.82, 2.24) is 14.8 Å². The molecule has 0 radical (unpaired) electrons. The van der Waals surface area contributed by atoms with Gasteiger partial charge in [-0.3, -0.25) is 19.3 Å². The number of hydrogen-bond acceptors (Lipinski definition) is 4. The lowest BCUT2D eigenvalue weighted by molar-refractivity contribution is -0.135. The number of carbonyl (C=O) groups is 4. The molecule has 2 aliphatic rings. The van der Waals surface area contributed by atoms with E-state index >= 15 is 0 Å². The van der Waals surface area contributed by atoms with E-state index in [1.165, 1.54) is 6.92 Å². The number of amides is 3. The highest BCUT2D eigenvalue weighted by molar-refractivity contribution is 6.11. The first-order valence-corrected chi connectivity index (χ1v) is 10.8. The average Bonchev–Trinajstić information content (AvgIpc) is 3.18. The topological polar surface area (TPSA) is 88.5 Å². The molecule has 1 N–H and O–H groups in total. The van der Waals surface area contributed by atoms with Gasteiger partial charge >= 0.3 is 6.03 Å². The quantitative estimate of drug-likeness (QED) is 0.545. The summed E-state index contributed by atoms with van der Waals surface area (Å²) in [5, 5.41) is 2.55. The summed E-state index contributed by atoms with van der Waals surface area (Å²) in [6.07, 6.45) is -1.29. The van der Waals surface area contributed by atoms with E-state index in [2.05, 4.69) is 5.32 Å². The van der Waals surface area contributed by atoms with Gasteiger partial charge in [0.05, 0.1) is 17.9 Å². The summed E-state index contributed by atoms with van der Waals surface area (Å²) in [5.74, 6) is -4.00. The summed E-state index contributed by atoms with van der Waals surface area (Å²) in [6, 6.07) is 8.00. The van der Waals surface area contributed by atoms with Crippen molar-refractivity contribution in [2.75, 3.05) is 6.54 Å². The maximum absolute atomic E-state index is 13.6. The molecule has 3 amide bonds. The zero-order chi connectivity index (χ0) is 24.1. The fourth-order valence-electron chi connectivity index (χ4n) is 4.76. The predicted molar refractivity (Wildman–Crippen MR) is 116 cm³/mol. The van der Waals surface area contributed by atoms with Gasteiger partial charge in [-0.15, -0.1) is 0 Å². The number of Topliss-reactive ketones (excluding diaryl/α,β-unsaturated/α-hetero) is 2. The van der Waals surface area contributed by atoms with E-state index in [-0.39, 0.29) is 18.6 Å². The zero-order valence-corrected chi connectivity index (χ0v) is 18.7. The van der Waals surface area contributed by atoms with Crippen LogP contribution < -0.4 is 5.32 Å². The molecule has 2 heterocycles. The molecule has 174 valence electrons. The van der Waals surface area contributed by atoms with Gasteiger partial charge in [0.25, 0.3) is 5.91 Å². The van der Waals surface area contributed by atoms with E-state index in [0.717, 1.165) is 21.7 Å². The Balaban J connectivity index is 1.57. The third-order valence-electron chi connectivity index (χ3n) is 6.63. The molecule has 7 nitrogen and oxygen atoms in total. The smallest absolute Gasteiger partial charge is 0.325 e. The molecule has 0 unspecified atom stereocenters. The van der Waals surface area contributed by atoms with Crippen LogP contribution in [0.1, 0.15) is 59.0 Å². The summed E-state index contributed by atoms with van der Waals surface area (Å²) in [4.78, 5) is 51.1. The number of carbonyl (C=O) groups excluding carboxylic acids is 4. The van der Waals surface area contributed by atoms with Crippen LogP contribution in [0.2, 0.25) is 0 Å². The van der Waals surface area contributed by atoms with Crippen LogP contribution in [0.3, 0.4) is 0 Å². The maximum Gasteiger partial charge on any atom is 0.325 e. The van der Waals surface area contributed by atoms with Crippen molar-refractivity contribution in [2.24, 2.45) is 7.05 Å². The summed E-state index contributed by atoms with van der Waals surface area (Å²) >= 11 is 0. The van der Waals surface area contributed by atoms with E-state index in [9.17, 15) is 28.0 Å². The van der Waals surface area contributed by atoms with Crippen LogP contribution in [-0.2, 0) is 11.8 Å². The van der Waals surface area contributed by atoms with Crippen LogP contribution in [-0.4, -0.2) is 51.0 Å². The van der Waals surface area contributed by atoms with Gasteiger partial charge in [0.1, 0.15) is 5.54 Å². The third-order valence-corrected chi connectivity index (χ3v) is 6.63. The fourth-order valence-corrected chi connectivity index (χ4v) is 4.76. The minimum Gasteiger partial charge on any atom is -0.341 e. The van der Waals surface area contributed by atoms with Gasteiger partial charge in [0.15, 0.2) is 11.6 Å².